The summed E-state index contributed by atoms with van der Waals surface area (Å²) in [6, 6.07) is 15.8. The van der Waals surface area contributed by atoms with E-state index in [0.717, 1.165) is 24.3 Å². The van der Waals surface area contributed by atoms with E-state index >= 15 is 0 Å². The number of ether oxygens (including phenoxy) is 1. The monoisotopic (exact) mass is 576 g/mol. The van der Waals surface area contributed by atoms with Crippen molar-refractivity contribution in [1.82, 2.24) is 10.2 Å². The predicted molar refractivity (Wildman–Crippen MR) is 162 cm³/mol. The number of aliphatic hydroxyl groups excluding tert-OH is 1. The fraction of sp³-hybridized carbons (Fsp3) is 0.545. The first-order valence-electron chi connectivity index (χ1n) is 15.3. The highest BCUT2D eigenvalue weighted by molar-refractivity contribution is 6.03. The molecule has 226 valence electrons. The Morgan fingerprint density at radius 2 is 1.76 bits per heavy atom. The van der Waals surface area contributed by atoms with E-state index in [-0.39, 0.29) is 30.2 Å². The molecule has 2 aromatic carbocycles. The molecule has 0 aromatic heterocycles. The van der Waals surface area contributed by atoms with Crippen LogP contribution in [0.4, 0.5) is 11.4 Å². The maximum atomic E-state index is 14.3. The summed E-state index contributed by atoms with van der Waals surface area (Å²) in [7, 11) is 0. The average Bonchev–Trinajstić information content (AvgIpc) is 3.64. The average molecular weight is 577 g/mol. The number of amides is 3. The molecular formula is C33H44N4O5. The van der Waals surface area contributed by atoms with E-state index in [9.17, 15) is 19.5 Å². The largest absolute Gasteiger partial charge is 0.394 e. The number of fused-ring (bicyclic) bond motifs is 1. The normalized spacial score (nSPS) is 26.8. The predicted octanol–water partition coefficient (Wildman–Crippen LogP) is 3.57. The molecule has 3 saturated heterocycles. The van der Waals surface area contributed by atoms with E-state index in [2.05, 4.69) is 29.4 Å². The molecule has 2 bridgehead atoms. The summed E-state index contributed by atoms with van der Waals surface area (Å²) in [4.78, 5) is 45.8. The number of hydrogen-bond donors (Lipinski definition) is 3. The lowest BCUT2D eigenvalue weighted by Gasteiger charge is -2.37. The lowest BCUT2D eigenvalue weighted by Crippen LogP contribution is -2.56. The third-order valence-corrected chi connectivity index (χ3v) is 9.21. The van der Waals surface area contributed by atoms with Crippen LogP contribution in [0.15, 0.2) is 54.6 Å². The van der Waals surface area contributed by atoms with Gasteiger partial charge in [-0.1, -0.05) is 44.2 Å². The van der Waals surface area contributed by atoms with E-state index in [1.165, 1.54) is 0 Å². The molecule has 9 heteroatoms. The van der Waals surface area contributed by atoms with Gasteiger partial charge in [0.2, 0.25) is 17.7 Å². The first-order chi connectivity index (χ1) is 20.2. The van der Waals surface area contributed by atoms with Crippen LogP contribution in [-0.2, 0) is 25.7 Å². The molecule has 3 aliphatic rings. The van der Waals surface area contributed by atoms with E-state index in [4.69, 9.17) is 4.74 Å². The van der Waals surface area contributed by atoms with Gasteiger partial charge in [0.1, 0.15) is 11.6 Å². The minimum atomic E-state index is -1.12. The molecule has 1 spiro atoms. The van der Waals surface area contributed by atoms with Crippen LogP contribution in [0.25, 0.3) is 0 Å². The molecule has 2 unspecified atom stereocenters. The van der Waals surface area contributed by atoms with Crippen molar-refractivity contribution < 1.29 is 24.2 Å². The van der Waals surface area contributed by atoms with Gasteiger partial charge < -0.3 is 30.3 Å². The van der Waals surface area contributed by atoms with Crippen LogP contribution in [0, 0.1) is 17.8 Å². The molecule has 2 aromatic rings. The van der Waals surface area contributed by atoms with Gasteiger partial charge in [0, 0.05) is 31.0 Å². The zero-order chi connectivity index (χ0) is 30.0. The summed E-state index contributed by atoms with van der Waals surface area (Å²) in [6.45, 7) is 10.1. The number of anilines is 2. The zero-order valence-electron chi connectivity index (χ0n) is 25.1. The molecule has 3 amide bonds. The van der Waals surface area contributed by atoms with E-state index in [1.54, 1.807) is 4.90 Å². The number of rotatable bonds is 12. The highest BCUT2D eigenvalue weighted by Gasteiger charge is 2.75. The quantitative estimate of drug-likeness (QED) is 0.356. The van der Waals surface area contributed by atoms with Crippen LogP contribution in [-0.4, -0.2) is 71.2 Å². The van der Waals surface area contributed by atoms with Gasteiger partial charge in [-0.3, -0.25) is 14.4 Å². The fourth-order valence-corrected chi connectivity index (χ4v) is 7.36. The Hall–Kier alpha value is -3.43. The summed E-state index contributed by atoms with van der Waals surface area (Å²) in [5, 5.41) is 16.5. The molecule has 3 aliphatic heterocycles. The second-order valence-corrected chi connectivity index (χ2v) is 12.2. The minimum absolute atomic E-state index is 0.187. The number of likely N-dealkylation sites (tertiary alicyclic amines) is 1. The summed E-state index contributed by atoms with van der Waals surface area (Å²) < 4.78 is 6.55. The Kier molecular flexibility index (Phi) is 8.89. The molecule has 42 heavy (non-hydrogen) atoms. The van der Waals surface area contributed by atoms with Gasteiger partial charge in [0.15, 0.2) is 0 Å². The number of hydrogen-bond acceptors (Lipinski definition) is 6. The van der Waals surface area contributed by atoms with Crippen molar-refractivity contribution in [2.75, 3.05) is 29.9 Å². The molecule has 9 nitrogen and oxygen atoms in total. The molecule has 0 saturated carbocycles. The van der Waals surface area contributed by atoms with Crippen LogP contribution in [0.5, 0.6) is 0 Å². The summed E-state index contributed by atoms with van der Waals surface area (Å²) in [5.41, 5.74) is 1.53. The number of nitrogens with one attached hydrogen (secondary N) is 2. The minimum Gasteiger partial charge on any atom is -0.394 e. The van der Waals surface area contributed by atoms with Crippen molar-refractivity contribution in [3.8, 4) is 0 Å². The Balaban J connectivity index is 1.43. The standard InChI is InChI=1S/C33H44N4O5/c1-5-36(6-2)24-14-12-23(13-15-24)35-31(40)29-33-17-16-26(42-33)27(30(39)34-19-22-10-8-7-9-11-22)28(33)32(41)37(29)25(20-38)18-21(3)4/h7-15,21,25-29,38H,5-6,16-20H2,1-4H3,(H,34,39)(H,35,40)/t25-,26-,27+,28+,29?,33?/m1/s1. The highest BCUT2D eigenvalue weighted by Crippen LogP contribution is 2.59. The van der Waals surface area contributed by atoms with Crippen molar-refractivity contribution in [3.63, 3.8) is 0 Å². The zero-order valence-corrected chi connectivity index (χ0v) is 25.1. The molecule has 3 heterocycles. The van der Waals surface area contributed by atoms with Gasteiger partial charge in [-0.15, -0.1) is 0 Å². The highest BCUT2D eigenvalue weighted by atomic mass is 16.5. The Morgan fingerprint density at radius 1 is 1.07 bits per heavy atom. The SMILES string of the molecule is CCN(CC)c1ccc(NC(=O)C2N([C@@H](CO)CC(C)C)C(=O)[C@@H]3[C@@H](C(=O)NCc4ccccc4)[C@H]4CCC23O4)cc1. The molecule has 5 rings (SSSR count). The van der Waals surface area contributed by atoms with Gasteiger partial charge in [-0.05, 0) is 68.9 Å². The van der Waals surface area contributed by atoms with Crippen molar-refractivity contribution in [3.05, 3.63) is 60.2 Å². The van der Waals surface area contributed by atoms with Crippen molar-refractivity contribution in [2.45, 2.75) is 77.3 Å². The lowest BCUT2D eigenvalue weighted by atomic mass is 9.70. The number of carbonyl (C=O) groups is 3. The van der Waals surface area contributed by atoms with Gasteiger partial charge >= 0.3 is 0 Å². The Labute approximate surface area is 248 Å². The number of nitrogens with zero attached hydrogens (tertiary/aromatic N) is 2. The molecule has 3 N–H and O–H groups in total. The summed E-state index contributed by atoms with van der Waals surface area (Å²) >= 11 is 0. The maximum absolute atomic E-state index is 14.3. The molecule has 3 fully saturated rings. The third kappa shape index (κ3) is 5.40. The third-order valence-electron chi connectivity index (χ3n) is 9.21. The number of aliphatic hydroxyl groups is 1. The van der Waals surface area contributed by atoms with Crippen LogP contribution in [0.3, 0.4) is 0 Å². The topological polar surface area (TPSA) is 111 Å². The second kappa shape index (κ2) is 12.4. The molecule has 0 radical (unpaired) electrons. The van der Waals surface area contributed by atoms with Gasteiger partial charge in [-0.2, -0.15) is 0 Å². The van der Waals surface area contributed by atoms with Crippen molar-refractivity contribution >= 4 is 29.1 Å². The van der Waals surface area contributed by atoms with Gasteiger partial charge in [0.05, 0.1) is 30.6 Å². The van der Waals surface area contributed by atoms with Crippen LogP contribution in [0.2, 0.25) is 0 Å². The van der Waals surface area contributed by atoms with Gasteiger partial charge in [-0.25, -0.2) is 0 Å². The number of benzene rings is 2. The van der Waals surface area contributed by atoms with Crippen LogP contribution in [0.1, 0.15) is 52.5 Å². The van der Waals surface area contributed by atoms with Crippen LogP contribution >= 0.6 is 0 Å². The first kappa shape index (κ1) is 30.0. The molecule has 6 atom stereocenters. The van der Waals surface area contributed by atoms with Gasteiger partial charge in [0.25, 0.3) is 0 Å². The Bertz CT molecular complexity index is 1260. The maximum Gasteiger partial charge on any atom is 0.250 e. The Morgan fingerprint density at radius 3 is 2.38 bits per heavy atom. The summed E-state index contributed by atoms with van der Waals surface area (Å²) in [6.07, 6.45) is 1.20. The molecular weight excluding hydrogens is 532 g/mol. The van der Waals surface area contributed by atoms with Crippen molar-refractivity contribution in [1.29, 1.82) is 0 Å². The van der Waals surface area contributed by atoms with Crippen molar-refractivity contribution in [2.24, 2.45) is 17.8 Å². The lowest BCUT2D eigenvalue weighted by molar-refractivity contribution is -0.144. The second-order valence-electron chi connectivity index (χ2n) is 12.2. The van der Waals surface area contributed by atoms with E-state index in [0.29, 0.717) is 31.5 Å². The van der Waals surface area contributed by atoms with Crippen LogP contribution < -0.4 is 15.5 Å². The van der Waals surface area contributed by atoms with E-state index < -0.39 is 35.6 Å². The number of carbonyl (C=O) groups excluding carboxylic acids is 3. The molecule has 0 aliphatic carbocycles. The smallest absolute Gasteiger partial charge is 0.250 e. The fourth-order valence-electron chi connectivity index (χ4n) is 7.36. The van der Waals surface area contributed by atoms with E-state index in [1.807, 2.05) is 68.4 Å². The first-order valence-corrected chi connectivity index (χ1v) is 15.3. The summed E-state index contributed by atoms with van der Waals surface area (Å²) in [5.74, 6) is -2.16.